The van der Waals surface area contributed by atoms with Crippen molar-refractivity contribution in [3.63, 3.8) is 0 Å². The second kappa shape index (κ2) is 7.28. The Hall–Kier alpha value is -0.570. The van der Waals surface area contributed by atoms with E-state index in [9.17, 15) is 0 Å². The van der Waals surface area contributed by atoms with E-state index in [1.54, 1.807) is 0 Å². The van der Waals surface area contributed by atoms with Gasteiger partial charge in [0.1, 0.15) is 0 Å². The first-order chi connectivity index (χ1) is 9.19. The highest BCUT2D eigenvalue weighted by Crippen LogP contribution is 2.22. The molecule has 1 fully saturated rings. The molecule has 0 spiro atoms. The maximum atomic E-state index is 5.90. The van der Waals surface area contributed by atoms with E-state index >= 15 is 0 Å². The Kier molecular flexibility index (Phi) is 5.68. The van der Waals surface area contributed by atoms with Crippen LogP contribution in [0.15, 0.2) is 24.3 Å². The Balaban J connectivity index is 1.75. The summed E-state index contributed by atoms with van der Waals surface area (Å²) in [5.41, 5.74) is 1.33. The lowest BCUT2D eigenvalue weighted by molar-refractivity contribution is 0.0867. The maximum absolute atomic E-state index is 5.90. The van der Waals surface area contributed by atoms with Crippen molar-refractivity contribution in [3.05, 3.63) is 34.9 Å². The molecule has 0 saturated carbocycles. The molecule has 1 saturated heterocycles. The highest BCUT2D eigenvalue weighted by molar-refractivity contribution is 6.30. The van der Waals surface area contributed by atoms with E-state index in [1.165, 1.54) is 12.0 Å². The minimum Gasteiger partial charge on any atom is -0.378 e. The maximum Gasteiger partial charge on any atom is 0.0613 e. The van der Waals surface area contributed by atoms with Crippen molar-refractivity contribution < 1.29 is 4.74 Å². The average molecular weight is 282 g/mol. The number of hydrogen-bond acceptors (Lipinski definition) is 2. The predicted octanol–water partition coefficient (Wildman–Crippen LogP) is 3.68. The zero-order chi connectivity index (χ0) is 13.7. The van der Waals surface area contributed by atoms with Crippen LogP contribution >= 0.6 is 11.6 Å². The first kappa shape index (κ1) is 14.8. The van der Waals surface area contributed by atoms with Crippen molar-refractivity contribution in [1.82, 2.24) is 5.32 Å². The SMILES string of the molecule is CCC1OCCC1CNC(C)Cc1ccc(Cl)cc1. The van der Waals surface area contributed by atoms with E-state index in [2.05, 4.69) is 31.3 Å². The molecule has 0 bridgehead atoms. The molecule has 3 unspecified atom stereocenters. The zero-order valence-electron chi connectivity index (χ0n) is 11.9. The second-order valence-electron chi connectivity index (χ2n) is 5.51. The van der Waals surface area contributed by atoms with Gasteiger partial charge in [0, 0.05) is 24.2 Å². The molecule has 1 N–H and O–H groups in total. The Morgan fingerprint density at radius 3 is 2.79 bits per heavy atom. The van der Waals surface area contributed by atoms with Gasteiger partial charge < -0.3 is 10.1 Å². The van der Waals surface area contributed by atoms with E-state index in [0.29, 0.717) is 18.1 Å². The lowest BCUT2D eigenvalue weighted by Gasteiger charge is -2.20. The monoisotopic (exact) mass is 281 g/mol. The van der Waals surface area contributed by atoms with Gasteiger partial charge in [0.05, 0.1) is 6.10 Å². The first-order valence-electron chi connectivity index (χ1n) is 7.28. The Morgan fingerprint density at radius 2 is 2.11 bits per heavy atom. The molecular formula is C16H24ClNO. The van der Waals surface area contributed by atoms with E-state index in [4.69, 9.17) is 16.3 Å². The highest BCUT2D eigenvalue weighted by Gasteiger charge is 2.26. The van der Waals surface area contributed by atoms with Crippen molar-refractivity contribution in [2.24, 2.45) is 5.92 Å². The summed E-state index contributed by atoms with van der Waals surface area (Å²) < 4.78 is 5.72. The van der Waals surface area contributed by atoms with Crippen molar-refractivity contribution in [1.29, 1.82) is 0 Å². The molecular weight excluding hydrogens is 258 g/mol. The van der Waals surface area contributed by atoms with Crippen molar-refractivity contribution >= 4 is 11.6 Å². The van der Waals surface area contributed by atoms with Gasteiger partial charge in [-0.2, -0.15) is 0 Å². The molecule has 3 heteroatoms. The zero-order valence-corrected chi connectivity index (χ0v) is 12.6. The molecule has 19 heavy (non-hydrogen) atoms. The van der Waals surface area contributed by atoms with Crippen LogP contribution in [0.5, 0.6) is 0 Å². The quantitative estimate of drug-likeness (QED) is 0.859. The smallest absolute Gasteiger partial charge is 0.0613 e. The molecule has 106 valence electrons. The molecule has 1 aliphatic rings. The number of benzene rings is 1. The Labute approximate surface area is 121 Å². The third kappa shape index (κ3) is 4.48. The minimum atomic E-state index is 0.454. The highest BCUT2D eigenvalue weighted by atomic mass is 35.5. The summed E-state index contributed by atoms with van der Waals surface area (Å²) in [6.45, 7) is 6.44. The molecule has 2 nitrogen and oxygen atoms in total. The number of hydrogen-bond donors (Lipinski definition) is 1. The van der Waals surface area contributed by atoms with Gasteiger partial charge in [-0.1, -0.05) is 30.7 Å². The van der Waals surface area contributed by atoms with Gasteiger partial charge in [-0.3, -0.25) is 0 Å². The van der Waals surface area contributed by atoms with Crippen LogP contribution in [0.2, 0.25) is 5.02 Å². The molecule has 3 atom stereocenters. The molecule has 1 heterocycles. The fourth-order valence-corrected chi connectivity index (χ4v) is 2.90. The minimum absolute atomic E-state index is 0.454. The van der Waals surface area contributed by atoms with Crippen LogP contribution in [0.25, 0.3) is 0 Å². The van der Waals surface area contributed by atoms with Crippen LogP contribution in [-0.2, 0) is 11.2 Å². The summed E-state index contributed by atoms with van der Waals surface area (Å²) in [6.07, 6.45) is 3.81. The Bertz CT molecular complexity index is 379. The fraction of sp³-hybridized carbons (Fsp3) is 0.625. The van der Waals surface area contributed by atoms with Gasteiger partial charge in [0.25, 0.3) is 0 Å². The van der Waals surface area contributed by atoms with Gasteiger partial charge in [-0.25, -0.2) is 0 Å². The standard InChI is InChI=1S/C16H24ClNO/c1-3-16-14(8-9-19-16)11-18-12(2)10-13-4-6-15(17)7-5-13/h4-7,12,14,16,18H,3,8-11H2,1-2H3. The first-order valence-corrected chi connectivity index (χ1v) is 7.66. The van der Waals surface area contributed by atoms with E-state index < -0.39 is 0 Å². The van der Waals surface area contributed by atoms with Gasteiger partial charge in [0.2, 0.25) is 0 Å². The average Bonchev–Trinajstić information content (AvgIpc) is 2.86. The number of ether oxygens (including phenoxy) is 1. The van der Waals surface area contributed by atoms with Gasteiger partial charge in [-0.15, -0.1) is 0 Å². The molecule has 1 aromatic carbocycles. The molecule has 0 amide bonds. The van der Waals surface area contributed by atoms with Crippen LogP contribution < -0.4 is 5.32 Å². The van der Waals surface area contributed by atoms with E-state index in [1.807, 2.05) is 12.1 Å². The topological polar surface area (TPSA) is 21.3 Å². The molecule has 0 aliphatic carbocycles. The predicted molar refractivity (Wildman–Crippen MR) is 80.8 cm³/mol. The van der Waals surface area contributed by atoms with Crippen LogP contribution in [0.3, 0.4) is 0 Å². The summed E-state index contributed by atoms with van der Waals surface area (Å²) in [7, 11) is 0. The van der Waals surface area contributed by atoms with Crippen molar-refractivity contribution in [2.45, 2.75) is 45.3 Å². The number of halogens is 1. The van der Waals surface area contributed by atoms with Crippen LogP contribution in [0.4, 0.5) is 0 Å². The molecule has 0 radical (unpaired) electrons. The molecule has 1 aromatic rings. The van der Waals surface area contributed by atoms with Crippen LogP contribution in [0, 0.1) is 5.92 Å². The third-order valence-corrected chi connectivity index (χ3v) is 4.18. The largest absolute Gasteiger partial charge is 0.378 e. The Morgan fingerprint density at radius 1 is 1.37 bits per heavy atom. The molecule has 0 aromatic heterocycles. The van der Waals surface area contributed by atoms with Crippen LogP contribution in [-0.4, -0.2) is 25.3 Å². The summed E-state index contributed by atoms with van der Waals surface area (Å²) in [6, 6.07) is 8.62. The summed E-state index contributed by atoms with van der Waals surface area (Å²) >= 11 is 5.90. The number of rotatable bonds is 6. The van der Waals surface area contributed by atoms with Gasteiger partial charge in [-0.05, 0) is 49.8 Å². The van der Waals surface area contributed by atoms with Crippen LogP contribution in [0.1, 0.15) is 32.3 Å². The van der Waals surface area contributed by atoms with E-state index in [-0.39, 0.29) is 0 Å². The van der Waals surface area contributed by atoms with E-state index in [0.717, 1.165) is 31.0 Å². The summed E-state index contributed by atoms with van der Waals surface area (Å²) in [5.74, 6) is 0.678. The van der Waals surface area contributed by atoms with Gasteiger partial charge in [0.15, 0.2) is 0 Å². The lowest BCUT2D eigenvalue weighted by Crippen LogP contribution is -2.35. The molecule has 2 rings (SSSR count). The summed E-state index contributed by atoms with van der Waals surface area (Å²) in [5, 5.41) is 4.44. The van der Waals surface area contributed by atoms with Crippen molar-refractivity contribution in [2.75, 3.05) is 13.2 Å². The molecule has 1 aliphatic heterocycles. The fourth-order valence-electron chi connectivity index (χ4n) is 2.78. The van der Waals surface area contributed by atoms with Gasteiger partial charge >= 0.3 is 0 Å². The van der Waals surface area contributed by atoms with Crippen molar-refractivity contribution in [3.8, 4) is 0 Å². The summed E-state index contributed by atoms with van der Waals surface area (Å²) in [4.78, 5) is 0. The lowest BCUT2D eigenvalue weighted by atomic mass is 9.99. The normalized spacial score (nSPS) is 24.6. The second-order valence-corrected chi connectivity index (χ2v) is 5.94. The number of nitrogens with one attached hydrogen (secondary N) is 1. The third-order valence-electron chi connectivity index (χ3n) is 3.93.